The van der Waals surface area contributed by atoms with E-state index in [1.165, 1.54) is 24.0 Å². The van der Waals surface area contributed by atoms with Crippen molar-refractivity contribution >= 4 is 0 Å². The van der Waals surface area contributed by atoms with Crippen LogP contribution in [-0.4, -0.2) is 26.3 Å². The Balaban J connectivity index is 1.88. The van der Waals surface area contributed by atoms with Gasteiger partial charge in [0.05, 0.1) is 0 Å². The Kier molecular flexibility index (Phi) is 2.93. The van der Waals surface area contributed by atoms with E-state index < -0.39 is 0 Å². The first-order chi connectivity index (χ1) is 8.30. The fourth-order valence-corrected chi connectivity index (χ4v) is 3.38. The van der Waals surface area contributed by atoms with Crippen molar-refractivity contribution in [3.63, 3.8) is 0 Å². The molecule has 2 heteroatoms. The molecule has 2 aliphatic heterocycles. The van der Waals surface area contributed by atoms with Gasteiger partial charge >= 0.3 is 0 Å². The van der Waals surface area contributed by atoms with Crippen molar-refractivity contribution in [3.05, 3.63) is 35.4 Å². The van der Waals surface area contributed by atoms with Gasteiger partial charge in [0.15, 0.2) is 0 Å². The number of rotatable bonds is 1. The number of hydrogen-bond donors (Lipinski definition) is 1. The highest BCUT2D eigenvalue weighted by atomic mass is 16.5. The average molecular weight is 231 g/mol. The van der Waals surface area contributed by atoms with Gasteiger partial charge in [0.1, 0.15) is 0 Å². The van der Waals surface area contributed by atoms with E-state index in [1.807, 2.05) is 0 Å². The van der Waals surface area contributed by atoms with Crippen LogP contribution in [0.1, 0.15) is 29.9 Å². The Hall–Kier alpha value is -0.860. The normalized spacial score (nSPS) is 27.5. The largest absolute Gasteiger partial charge is 0.381 e. The summed E-state index contributed by atoms with van der Waals surface area (Å²) in [7, 11) is 0. The second kappa shape index (κ2) is 4.43. The summed E-state index contributed by atoms with van der Waals surface area (Å²) in [6, 6.07) is 9.09. The van der Waals surface area contributed by atoms with Crippen LogP contribution in [0, 0.1) is 12.3 Å². The first-order valence-electron chi connectivity index (χ1n) is 6.65. The van der Waals surface area contributed by atoms with Gasteiger partial charge in [-0.2, -0.15) is 0 Å². The van der Waals surface area contributed by atoms with Gasteiger partial charge in [0, 0.05) is 32.2 Å². The lowest BCUT2D eigenvalue weighted by atomic mass is 9.69. The van der Waals surface area contributed by atoms with Gasteiger partial charge in [-0.15, -0.1) is 0 Å². The summed E-state index contributed by atoms with van der Waals surface area (Å²) in [5.41, 5.74) is 3.30. The predicted molar refractivity (Wildman–Crippen MR) is 69.3 cm³/mol. The molecular formula is C15H21NO. The molecule has 1 aromatic carbocycles. The molecular weight excluding hydrogens is 210 g/mol. The molecule has 2 heterocycles. The standard InChI is InChI=1S/C15H21NO/c1-12-2-4-13(5-3-12)14-10-16-11-15(14)6-8-17-9-7-15/h2-5,14,16H,6-11H2,1H3. The topological polar surface area (TPSA) is 21.3 Å². The SMILES string of the molecule is Cc1ccc(C2CNCC23CCOCC3)cc1. The van der Waals surface area contributed by atoms with Gasteiger partial charge in [0.2, 0.25) is 0 Å². The molecule has 1 spiro atoms. The highest BCUT2D eigenvalue weighted by Crippen LogP contribution is 2.46. The quantitative estimate of drug-likeness (QED) is 0.801. The predicted octanol–water partition coefficient (Wildman–Crippen LogP) is 2.48. The smallest absolute Gasteiger partial charge is 0.0472 e. The summed E-state index contributed by atoms with van der Waals surface area (Å²) < 4.78 is 5.53. The van der Waals surface area contributed by atoms with Crippen LogP contribution in [0.5, 0.6) is 0 Å². The monoisotopic (exact) mass is 231 g/mol. The molecule has 0 aromatic heterocycles. The van der Waals surface area contributed by atoms with Crippen molar-refractivity contribution in [2.24, 2.45) is 5.41 Å². The van der Waals surface area contributed by atoms with E-state index in [1.54, 1.807) is 0 Å². The van der Waals surface area contributed by atoms with Gasteiger partial charge in [0.25, 0.3) is 0 Å². The zero-order valence-corrected chi connectivity index (χ0v) is 10.5. The van der Waals surface area contributed by atoms with Gasteiger partial charge in [-0.05, 0) is 30.7 Å². The molecule has 0 bridgehead atoms. The lowest BCUT2D eigenvalue weighted by Gasteiger charge is -2.38. The summed E-state index contributed by atoms with van der Waals surface area (Å²) in [4.78, 5) is 0. The zero-order chi connectivity index (χ0) is 11.7. The van der Waals surface area contributed by atoms with Crippen LogP contribution in [-0.2, 0) is 4.74 Å². The van der Waals surface area contributed by atoms with E-state index in [-0.39, 0.29) is 0 Å². The molecule has 1 atom stereocenters. The van der Waals surface area contributed by atoms with E-state index in [9.17, 15) is 0 Å². The number of aryl methyl sites for hydroxylation is 1. The van der Waals surface area contributed by atoms with E-state index in [0.29, 0.717) is 11.3 Å². The average Bonchev–Trinajstić information content (AvgIpc) is 2.75. The van der Waals surface area contributed by atoms with E-state index in [4.69, 9.17) is 4.74 Å². The molecule has 0 amide bonds. The first kappa shape index (κ1) is 11.2. The van der Waals surface area contributed by atoms with Crippen molar-refractivity contribution in [2.45, 2.75) is 25.7 Å². The second-order valence-corrected chi connectivity index (χ2v) is 5.57. The molecule has 2 saturated heterocycles. The molecule has 2 fully saturated rings. The Labute approximate surface area is 103 Å². The van der Waals surface area contributed by atoms with Crippen molar-refractivity contribution < 1.29 is 4.74 Å². The molecule has 0 aliphatic carbocycles. The Morgan fingerprint density at radius 2 is 1.88 bits per heavy atom. The number of nitrogens with one attached hydrogen (secondary N) is 1. The number of hydrogen-bond acceptors (Lipinski definition) is 2. The third-order valence-electron chi connectivity index (χ3n) is 4.53. The molecule has 3 rings (SSSR count). The zero-order valence-electron chi connectivity index (χ0n) is 10.5. The molecule has 17 heavy (non-hydrogen) atoms. The van der Waals surface area contributed by atoms with Crippen molar-refractivity contribution in [1.29, 1.82) is 0 Å². The van der Waals surface area contributed by atoms with Crippen molar-refractivity contribution in [3.8, 4) is 0 Å². The highest BCUT2D eigenvalue weighted by molar-refractivity contribution is 5.28. The van der Waals surface area contributed by atoms with Crippen LogP contribution in [0.2, 0.25) is 0 Å². The summed E-state index contributed by atoms with van der Waals surface area (Å²) >= 11 is 0. The minimum absolute atomic E-state index is 0.452. The van der Waals surface area contributed by atoms with Gasteiger partial charge in [-0.25, -0.2) is 0 Å². The lowest BCUT2D eigenvalue weighted by Crippen LogP contribution is -2.35. The van der Waals surface area contributed by atoms with Crippen LogP contribution in [0.3, 0.4) is 0 Å². The molecule has 0 saturated carbocycles. The van der Waals surface area contributed by atoms with Crippen molar-refractivity contribution in [1.82, 2.24) is 5.32 Å². The van der Waals surface area contributed by atoms with Crippen LogP contribution in [0.25, 0.3) is 0 Å². The maximum atomic E-state index is 5.53. The fraction of sp³-hybridized carbons (Fsp3) is 0.600. The molecule has 1 unspecified atom stereocenters. The van der Waals surface area contributed by atoms with Gasteiger partial charge in [-0.1, -0.05) is 29.8 Å². The summed E-state index contributed by atoms with van der Waals surface area (Å²) in [6.07, 6.45) is 2.41. The minimum Gasteiger partial charge on any atom is -0.381 e. The summed E-state index contributed by atoms with van der Waals surface area (Å²) in [5, 5.41) is 3.59. The van der Waals surface area contributed by atoms with Crippen LogP contribution in [0.4, 0.5) is 0 Å². The molecule has 1 aromatic rings. The Bertz CT molecular complexity index is 378. The third-order valence-corrected chi connectivity index (χ3v) is 4.53. The van der Waals surface area contributed by atoms with E-state index in [2.05, 4.69) is 36.5 Å². The molecule has 1 N–H and O–H groups in total. The molecule has 0 radical (unpaired) electrons. The summed E-state index contributed by atoms with van der Waals surface area (Å²) in [5.74, 6) is 0.673. The maximum Gasteiger partial charge on any atom is 0.0472 e. The summed E-state index contributed by atoms with van der Waals surface area (Å²) in [6.45, 7) is 6.31. The second-order valence-electron chi connectivity index (χ2n) is 5.57. The molecule has 92 valence electrons. The minimum atomic E-state index is 0.452. The Morgan fingerprint density at radius 1 is 1.18 bits per heavy atom. The fourth-order valence-electron chi connectivity index (χ4n) is 3.38. The molecule has 2 nitrogen and oxygen atoms in total. The Morgan fingerprint density at radius 3 is 2.59 bits per heavy atom. The number of benzene rings is 1. The van der Waals surface area contributed by atoms with Gasteiger partial charge < -0.3 is 10.1 Å². The highest BCUT2D eigenvalue weighted by Gasteiger charge is 2.44. The first-order valence-corrected chi connectivity index (χ1v) is 6.65. The van der Waals surface area contributed by atoms with Crippen LogP contribution in [0.15, 0.2) is 24.3 Å². The van der Waals surface area contributed by atoms with Crippen LogP contribution >= 0.6 is 0 Å². The molecule has 2 aliphatic rings. The van der Waals surface area contributed by atoms with E-state index >= 15 is 0 Å². The van der Waals surface area contributed by atoms with Gasteiger partial charge in [-0.3, -0.25) is 0 Å². The van der Waals surface area contributed by atoms with E-state index in [0.717, 1.165) is 26.3 Å². The third kappa shape index (κ3) is 2.00. The lowest BCUT2D eigenvalue weighted by molar-refractivity contribution is 0.0165. The van der Waals surface area contributed by atoms with Crippen LogP contribution < -0.4 is 5.32 Å². The maximum absolute atomic E-state index is 5.53. The number of ether oxygens (including phenoxy) is 1. The van der Waals surface area contributed by atoms with Crippen molar-refractivity contribution in [2.75, 3.05) is 26.3 Å².